The molecule has 1 rings (SSSR count). The number of hydrogen-bond acceptors (Lipinski definition) is 7. The Morgan fingerprint density at radius 2 is 2.06 bits per heavy atom. The fourth-order valence-electron chi connectivity index (χ4n) is 1.31. The standard InChI is InChI=1S/C9H13NO7/c11-6(8(13)14)4-7(12)16-17-9(15)5-2-1-3-10-5/h5-6,10-11H,1-4H2,(H,13,14). The molecular formula is C9H13NO7. The van der Waals surface area contributed by atoms with Crippen LogP contribution >= 0.6 is 0 Å². The van der Waals surface area contributed by atoms with Gasteiger partial charge in [0.15, 0.2) is 6.10 Å². The molecule has 0 spiro atoms. The van der Waals surface area contributed by atoms with Crippen molar-refractivity contribution in [1.29, 1.82) is 0 Å². The Hall–Kier alpha value is -1.67. The molecule has 0 amide bonds. The van der Waals surface area contributed by atoms with Crippen LogP contribution in [0, 0.1) is 0 Å². The van der Waals surface area contributed by atoms with Gasteiger partial charge in [0.05, 0.1) is 6.42 Å². The summed E-state index contributed by atoms with van der Waals surface area (Å²) in [5.74, 6) is -3.40. The highest BCUT2D eigenvalue weighted by molar-refractivity contribution is 5.81. The minimum atomic E-state index is -1.87. The maximum absolute atomic E-state index is 11.2. The van der Waals surface area contributed by atoms with Crippen molar-refractivity contribution in [2.45, 2.75) is 31.4 Å². The van der Waals surface area contributed by atoms with Gasteiger partial charge < -0.3 is 15.5 Å². The van der Waals surface area contributed by atoms with Crippen molar-refractivity contribution in [2.75, 3.05) is 6.54 Å². The molecule has 0 aromatic rings. The number of carbonyl (C=O) groups is 3. The zero-order valence-corrected chi connectivity index (χ0v) is 8.92. The zero-order valence-electron chi connectivity index (χ0n) is 8.92. The maximum Gasteiger partial charge on any atom is 0.372 e. The summed E-state index contributed by atoms with van der Waals surface area (Å²) in [6.45, 7) is 0.686. The average Bonchev–Trinajstić information content (AvgIpc) is 2.79. The van der Waals surface area contributed by atoms with Crippen LogP contribution in [0.1, 0.15) is 19.3 Å². The van der Waals surface area contributed by atoms with E-state index < -0.39 is 36.5 Å². The number of carbonyl (C=O) groups excluding carboxylic acids is 2. The zero-order chi connectivity index (χ0) is 12.8. The van der Waals surface area contributed by atoms with E-state index in [9.17, 15) is 14.4 Å². The highest BCUT2D eigenvalue weighted by Crippen LogP contribution is 2.07. The Labute approximate surface area is 96.4 Å². The third-order valence-electron chi connectivity index (χ3n) is 2.21. The molecule has 1 fully saturated rings. The first-order valence-electron chi connectivity index (χ1n) is 5.06. The molecule has 1 saturated heterocycles. The van der Waals surface area contributed by atoms with Crippen molar-refractivity contribution in [3.8, 4) is 0 Å². The van der Waals surface area contributed by atoms with Gasteiger partial charge in [-0.3, -0.25) is 0 Å². The summed E-state index contributed by atoms with van der Waals surface area (Å²) < 4.78 is 0. The van der Waals surface area contributed by atoms with Crippen LogP contribution in [0.15, 0.2) is 0 Å². The van der Waals surface area contributed by atoms with Gasteiger partial charge in [0, 0.05) is 0 Å². The number of aliphatic hydroxyl groups is 1. The van der Waals surface area contributed by atoms with Crippen LogP contribution < -0.4 is 5.32 Å². The van der Waals surface area contributed by atoms with Gasteiger partial charge >= 0.3 is 17.9 Å². The van der Waals surface area contributed by atoms with Crippen LogP contribution in [0.2, 0.25) is 0 Å². The largest absolute Gasteiger partial charge is 0.479 e. The Balaban J connectivity index is 2.23. The van der Waals surface area contributed by atoms with Gasteiger partial charge in [0.1, 0.15) is 6.04 Å². The van der Waals surface area contributed by atoms with E-state index in [1.54, 1.807) is 0 Å². The number of hydrogen-bond donors (Lipinski definition) is 3. The predicted octanol–water partition coefficient (Wildman–Crippen LogP) is -1.42. The van der Waals surface area contributed by atoms with E-state index in [4.69, 9.17) is 10.2 Å². The number of rotatable bonds is 4. The van der Waals surface area contributed by atoms with Crippen molar-refractivity contribution in [3.63, 3.8) is 0 Å². The summed E-state index contributed by atoms with van der Waals surface area (Å²) in [6.07, 6.45) is -1.23. The maximum atomic E-state index is 11.2. The van der Waals surface area contributed by atoms with E-state index in [1.807, 2.05) is 0 Å². The molecule has 8 heteroatoms. The molecular weight excluding hydrogens is 234 g/mol. The highest BCUT2D eigenvalue weighted by Gasteiger charge is 2.26. The first-order valence-corrected chi connectivity index (χ1v) is 5.06. The lowest BCUT2D eigenvalue weighted by Gasteiger charge is -2.08. The van der Waals surface area contributed by atoms with E-state index in [1.165, 1.54) is 0 Å². The number of aliphatic carboxylic acids is 1. The van der Waals surface area contributed by atoms with Gasteiger partial charge in [0.25, 0.3) is 0 Å². The quantitative estimate of drug-likeness (QED) is 0.408. The van der Waals surface area contributed by atoms with Crippen LogP contribution in [0.5, 0.6) is 0 Å². The van der Waals surface area contributed by atoms with Gasteiger partial charge in [-0.1, -0.05) is 0 Å². The molecule has 0 aliphatic carbocycles. The minimum absolute atomic E-state index is 0.507. The molecule has 1 heterocycles. The lowest BCUT2D eigenvalue weighted by atomic mass is 10.2. The van der Waals surface area contributed by atoms with Gasteiger partial charge in [0.2, 0.25) is 0 Å². The van der Waals surface area contributed by atoms with Crippen LogP contribution in [-0.4, -0.2) is 46.8 Å². The SMILES string of the molecule is O=C(CC(O)C(=O)O)OOC(=O)C1CCCN1. The lowest BCUT2D eigenvalue weighted by Crippen LogP contribution is -2.33. The van der Waals surface area contributed by atoms with E-state index in [0.29, 0.717) is 13.0 Å². The first-order chi connectivity index (χ1) is 8.00. The molecule has 0 aromatic carbocycles. The number of nitrogens with one attached hydrogen (secondary N) is 1. The van der Waals surface area contributed by atoms with Crippen LogP contribution in [-0.2, 0) is 24.2 Å². The molecule has 1 aliphatic rings. The third kappa shape index (κ3) is 4.37. The third-order valence-corrected chi connectivity index (χ3v) is 2.21. The van der Waals surface area contributed by atoms with Crippen LogP contribution in [0.25, 0.3) is 0 Å². The summed E-state index contributed by atoms with van der Waals surface area (Å²) in [7, 11) is 0. The summed E-state index contributed by atoms with van der Waals surface area (Å²) >= 11 is 0. The second kappa shape index (κ2) is 6.16. The number of aliphatic hydroxyl groups excluding tert-OH is 1. The van der Waals surface area contributed by atoms with E-state index in [0.717, 1.165) is 6.42 Å². The monoisotopic (exact) mass is 247 g/mol. The Morgan fingerprint density at radius 1 is 1.35 bits per heavy atom. The second-order valence-corrected chi connectivity index (χ2v) is 3.56. The smallest absolute Gasteiger partial charge is 0.372 e. The molecule has 0 radical (unpaired) electrons. The minimum Gasteiger partial charge on any atom is -0.479 e. The van der Waals surface area contributed by atoms with Crippen molar-refractivity contribution in [1.82, 2.24) is 5.32 Å². The fraction of sp³-hybridized carbons (Fsp3) is 0.667. The average molecular weight is 247 g/mol. The second-order valence-electron chi connectivity index (χ2n) is 3.56. The Morgan fingerprint density at radius 3 is 2.59 bits per heavy atom. The number of carboxylic acid groups (broad SMARTS) is 1. The summed E-state index contributed by atoms with van der Waals surface area (Å²) in [5.41, 5.74) is 0. The van der Waals surface area contributed by atoms with E-state index >= 15 is 0 Å². The van der Waals surface area contributed by atoms with Gasteiger partial charge in [-0.15, -0.1) is 0 Å². The van der Waals surface area contributed by atoms with Crippen molar-refractivity contribution >= 4 is 17.9 Å². The lowest BCUT2D eigenvalue weighted by molar-refractivity contribution is -0.261. The molecule has 2 unspecified atom stereocenters. The summed E-state index contributed by atoms with van der Waals surface area (Å²) in [6, 6.07) is -0.507. The van der Waals surface area contributed by atoms with Crippen molar-refractivity contribution < 1.29 is 34.4 Å². The molecule has 8 nitrogen and oxygen atoms in total. The fourth-order valence-corrected chi connectivity index (χ4v) is 1.31. The molecule has 0 aromatic heterocycles. The Bertz CT molecular complexity index is 310. The molecule has 0 bridgehead atoms. The van der Waals surface area contributed by atoms with Crippen molar-refractivity contribution in [2.24, 2.45) is 0 Å². The number of carboxylic acids is 1. The van der Waals surface area contributed by atoms with Gasteiger partial charge in [-0.2, -0.15) is 0 Å². The summed E-state index contributed by atoms with van der Waals surface area (Å²) in [5, 5.41) is 20.0. The molecule has 0 saturated carbocycles. The van der Waals surface area contributed by atoms with E-state index in [2.05, 4.69) is 15.1 Å². The van der Waals surface area contributed by atoms with Gasteiger partial charge in [-0.05, 0) is 19.4 Å². The molecule has 17 heavy (non-hydrogen) atoms. The first kappa shape index (κ1) is 13.4. The molecule has 3 N–H and O–H groups in total. The Kier molecular flexibility index (Phi) is 4.85. The topological polar surface area (TPSA) is 122 Å². The highest BCUT2D eigenvalue weighted by atomic mass is 17.2. The van der Waals surface area contributed by atoms with Crippen LogP contribution in [0.3, 0.4) is 0 Å². The molecule has 1 aliphatic heterocycles. The van der Waals surface area contributed by atoms with Crippen LogP contribution in [0.4, 0.5) is 0 Å². The van der Waals surface area contributed by atoms with Crippen molar-refractivity contribution in [3.05, 3.63) is 0 Å². The normalized spacial score (nSPS) is 20.6. The predicted molar refractivity (Wildman–Crippen MR) is 51.5 cm³/mol. The van der Waals surface area contributed by atoms with Gasteiger partial charge in [-0.25, -0.2) is 24.2 Å². The molecule has 2 atom stereocenters. The van der Waals surface area contributed by atoms with E-state index in [-0.39, 0.29) is 0 Å². The summed E-state index contributed by atoms with van der Waals surface area (Å²) in [4.78, 5) is 40.7. The molecule has 96 valence electrons.